The van der Waals surface area contributed by atoms with Crippen LogP contribution in [0, 0.1) is 11.3 Å². The van der Waals surface area contributed by atoms with Gasteiger partial charge in [-0.2, -0.15) is 0 Å². The van der Waals surface area contributed by atoms with E-state index >= 15 is 0 Å². The molecule has 23 heavy (non-hydrogen) atoms. The number of urea groups is 1. The number of rotatable bonds is 2. The molecule has 1 saturated heterocycles. The molecule has 1 heterocycles. The molecule has 1 atom stereocenters. The molecule has 124 valence electrons. The van der Waals surface area contributed by atoms with Crippen molar-refractivity contribution < 1.29 is 9.59 Å². The molecule has 2 fully saturated rings. The minimum absolute atomic E-state index is 0.0306. The Labute approximate surface area is 144 Å². The van der Waals surface area contributed by atoms with E-state index < -0.39 is 0 Å². The minimum atomic E-state index is -0.120. The maximum absolute atomic E-state index is 12.6. The lowest BCUT2D eigenvalue weighted by Gasteiger charge is -2.28. The van der Waals surface area contributed by atoms with E-state index in [1.165, 1.54) is 0 Å². The van der Waals surface area contributed by atoms with Crippen LogP contribution in [-0.4, -0.2) is 37.0 Å². The largest absolute Gasteiger partial charge is 0.359 e. The monoisotopic (exact) mass is 379 g/mol. The molecule has 1 aromatic rings. The van der Waals surface area contributed by atoms with Gasteiger partial charge in [-0.05, 0) is 37.1 Å². The Bertz CT molecular complexity index is 596. The number of anilines is 1. The summed E-state index contributed by atoms with van der Waals surface area (Å²) in [4.78, 5) is 26.6. The van der Waals surface area contributed by atoms with Gasteiger partial charge in [0.1, 0.15) is 0 Å². The number of halogens is 1. The van der Waals surface area contributed by atoms with Crippen LogP contribution in [0.25, 0.3) is 0 Å². The van der Waals surface area contributed by atoms with E-state index in [9.17, 15) is 9.59 Å². The van der Waals surface area contributed by atoms with Crippen molar-refractivity contribution in [3.8, 4) is 0 Å². The third kappa shape index (κ3) is 3.22. The number of likely N-dealkylation sites (tertiary alicyclic amines) is 1. The number of amides is 3. The molecule has 2 aliphatic rings. The van der Waals surface area contributed by atoms with Gasteiger partial charge in [-0.15, -0.1) is 0 Å². The first-order chi connectivity index (χ1) is 11.0. The van der Waals surface area contributed by atoms with Crippen LogP contribution >= 0.6 is 15.9 Å². The highest BCUT2D eigenvalue weighted by molar-refractivity contribution is 9.10. The van der Waals surface area contributed by atoms with Crippen molar-refractivity contribution in [2.24, 2.45) is 11.3 Å². The van der Waals surface area contributed by atoms with E-state index in [0.29, 0.717) is 13.1 Å². The van der Waals surface area contributed by atoms with E-state index in [4.69, 9.17) is 0 Å². The van der Waals surface area contributed by atoms with Crippen LogP contribution in [0.3, 0.4) is 0 Å². The normalized spacial score (nSPS) is 22.3. The summed E-state index contributed by atoms with van der Waals surface area (Å²) < 4.78 is 0.973. The van der Waals surface area contributed by atoms with Gasteiger partial charge in [0.05, 0.1) is 5.92 Å². The second-order valence-electron chi connectivity index (χ2n) is 6.55. The van der Waals surface area contributed by atoms with Gasteiger partial charge in [0.15, 0.2) is 0 Å². The molecule has 1 aromatic carbocycles. The van der Waals surface area contributed by atoms with Crippen molar-refractivity contribution in [3.05, 3.63) is 28.7 Å². The van der Waals surface area contributed by atoms with Crippen LogP contribution in [0.5, 0.6) is 0 Å². The maximum Gasteiger partial charge on any atom is 0.321 e. The van der Waals surface area contributed by atoms with Crippen molar-refractivity contribution in [1.82, 2.24) is 10.2 Å². The van der Waals surface area contributed by atoms with E-state index in [0.717, 1.165) is 35.8 Å². The fraction of sp³-hybridized carbons (Fsp3) is 0.529. The van der Waals surface area contributed by atoms with Gasteiger partial charge in [0.2, 0.25) is 5.91 Å². The Balaban J connectivity index is 1.72. The summed E-state index contributed by atoms with van der Waals surface area (Å²) in [6.07, 6.45) is 4.37. The van der Waals surface area contributed by atoms with E-state index in [1.807, 2.05) is 24.3 Å². The molecule has 2 N–H and O–H groups in total. The van der Waals surface area contributed by atoms with E-state index in [-0.39, 0.29) is 23.3 Å². The summed E-state index contributed by atoms with van der Waals surface area (Å²) in [5, 5.41) is 5.70. The summed E-state index contributed by atoms with van der Waals surface area (Å²) >= 11 is 3.38. The molecule has 5 nitrogen and oxygen atoms in total. The van der Waals surface area contributed by atoms with Gasteiger partial charge >= 0.3 is 6.03 Å². The van der Waals surface area contributed by atoms with Crippen LogP contribution in [-0.2, 0) is 4.79 Å². The molecule has 1 spiro atoms. The molecule has 0 bridgehead atoms. The van der Waals surface area contributed by atoms with Gasteiger partial charge in [-0.25, -0.2) is 4.79 Å². The van der Waals surface area contributed by atoms with Crippen molar-refractivity contribution in [3.63, 3.8) is 0 Å². The highest BCUT2D eigenvalue weighted by Crippen LogP contribution is 2.49. The standard InChI is InChI=1S/C17H22BrN3O2/c1-19-15(22)14-10-21(11-17(14)8-2-3-9-17)16(23)20-13-6-4-12(18)5-7-13/h4-7,14H,2-3,8-11H2,1H3,(H,19,22)(H,20,23)/t14-/m0/s1. The van der Waals surface area contributed by atoms with Gasteiger partial charge in [0.25, 0.3) is 0 Å². The molecule has 3 amide bonds. The summed E-state index contributed by atoms with van der Waals surface area (Å²) in [6.45, 7) is 1.18. The Morgan fingerprint density at radius 3 is 2.48 bits per heavy atom. The molecular weight excluding hydrogens is 358 g/mol. The fourth-order valence-electron chi connectivity index (χ4n) is 3.98. The summed E-state index contributed by atoms with van der Waals surface area (Å²) in [6, 6.07) is 7.39. The molecule has 0 radical (unpaired) electrons. The molecule has 3 rings (SSSR count). The van der Waals surface area contributed by atoms with Crippen LogP contribution < -0.4 is 10.6 Å². The molecule has 1 saturated carbocycles. The van der Waals surface area contributed by atoms with Crippen molar-refractivity contribution in [2.75, 3.05) is 25.5 Å². The SMILES string of the molecule is CNC(=O)[C@@H]1CN(C(=O)Nc2ccc(Br)cc2)CC12CCCC2. The van der Waals surface area contributed by atoms with Gasteiger partial charge in [0, 0.05) is 35.7 Å². The Kier molecular flexibility index (Phi) is 4.62. The maximum atomic E-state index is 12.6. The Hall–Kier alpha value is -1.56. The summed E-state index contributed by atoms with van der Waals surface area (Å²) in [5.41, 5.74) is 0.735. The van der Waals surface area contributed by atoms with Crippen LogP contribution in [0.2, 0.25) is 0 Å². The number of nitrogens with one attached hydrogen (secondary N) is 2. The Morgan fingerprint density at radius 1 is 1.22 bits per heavy atom. The third-order valence-corrected chi connectivity index (χ3v) is 5.72. The van der Waals surface area contributed by atoms with Crippen LogP contribution in [0.15, 0.2) is 28.7 Å². The molecular formula is C17H22BrN3O2. The van der Waals surface area contributed by atoms with Crippen molar-refractivity contribution in [2.45, 2.75) is 25.7 Å². The predicted molar refractivity (Wildman–Crippen MR) is 93.2 cm³/mol. The molecule has 0 aromatic heterocycles. The Morgan fingerprint density at radius 2 is 1.87 bits per heavy atom. The number of hydrogen-bond donors (Lipinski definition) is 2. The first kappa shape index (κ1) is 16.3. The lowest BCUT2D eigenvalue weighted by molar-refractivity contribution is -0.127. The van der Waals surface area contributed by atoms with E-state index in [2.05, 4.69) is 26.6 Å². The highest BCUT2D eigenvalue weighted by Gasteiger charge is 2.52. The lowest BCUT2D eigenvalue weighted by atomic mass is 9.76. The molecule has 6 heteroatoms. The molecule has 1 aliphatic carbocycles. The number of benzene rings is 1. The van der Waals surface area contributed by atoms with Crippen molar-refractivity contribution >= 4 is 33.6 Å². The average Bonchev–Trinajstić information content (AvgIpc) is 3.17. The topological polar surface area (TPSA) is 61.4 Å². The molecule has 0 unspecified atom stereocenters. The zero-order valence-electron chi connectivity index (χ0n) is 13.3. The number of nitrogens with zero attached hydrogens (tertiary/aromatic N) is 1. The highest BCUT2D eigenvalue weighted by atomic mass is 79.9. The van der Waals surface area contributed by atoms with E-state index in [1.54, 1.807) is 11.9 Å². The number of hydrogen-bond acceptors (Lipinski definition) is 2. The lowest BCUT2D eigenvalue weighted by Crippen LogP contribution is -2.38. The first-order valence-electron chi connectivity index (χ1n) is 8.07. The number of carbonyl (C=O) groups excluding carboxylic acids is 2. The summed E-state index contributed by atoms with van der Waals surface area (Å²) in [7, 11) is 1.68. The first-order valence-corrected chi connectivity index (χ1v) is 8.86. The second-order valence-corrected chi connectivity index (χ2v) is 7.47. The quantitative estimate of drug-likeness (QED) is 0.828. The van der Waals surface area contributed by atoms with Crippen LogP contribution in [0.1, 0.15) is 25.7 Å². The molecule has 1 aliphatic heterocycles. The smallest absolute Gasteiger partial charge is 0.321 e. The minimum Gasteiger partial charge on any atom is -0.359 e. The van der Waals surface area contributed by atoms with Crippen molar-refractivity contribution in [1.29, 1.82) is 0 Å². The fourth-order valence-corrected chi connectivity index (χ4v) is 4.24. The third-order valence-electron chi connectivity index (χ3n) is 5.19. The zero-order valence-corrected chi connectivity index (χ0v) is 14.9. The second kappa shape index (κ2) is 6.51. The predicted octanol–water partition coefficient (Wildman–Crippen LogP) is 3.22. The summed E-state index contributed by atoms with van der Waals surface area (Å²) in [5.74, 6) is -0.0310. The van der Waals surface area contributed by atoms with Crippen LogP contribution in [0.4, 0.5) is 10.5 Å². The zero-order chi connectivity index (χ0) is 16.4. The average molecular weight is 380 g/mol. The number of carbonyl (C=O) groups is 2. The van der Waals surface area contributed by atoms with Gasteiger partial charge < -0.3 is 15.5 Å². The van der Waals surface area contributed by atoms with Gasteiger partial charge in [-0.1, -0.05) is 28.8 Å². The van der Waals surface area contributed by atoms with Gasteiger partial charge in [-0.3, -0.25) is 4.79 Å².